The van der Waals surface area contributed by atoms with Gasteiger partial charge < -0.3 is 10.2 Å². The minimum Gasteiger partial charge on any atom is -0.314 e. The molecule has 2 unspecified atom stereocenters. The molecule has 2 heteroatoms. The van der Waals surface area contributed by atoms with Crippen LogP contribution in [0.25, 0.3) is 0 Å². The third kappa shape index (κ3) is 4.67. The number of allylic oxidation sites excluding steroid dienone is 1. The van der Waals surface area contributed by atoms with Crippen LogP contribution in [-0.4, -0.2) is 37.1 Å². The maximum Gasteiger partial charge on any atom is 0.00793 e. The van der Waals surface area contributed by atoms with Gasteiger partial charge in [0.25, 0.3) is 0 Å². The fourth-order valence-corrected chi connectivity index (χ4v) is 2.51. The Morgan fingerprint density at radius 1 is 1.50 bits per heavy atom. The predicted octanol–water partition coefficient (Wildman–Crippen LogP) is 2.66. The zero-order valence-electron chi connectivity index (χ0n) is 11.2. The fraction of sp³-hybridized carbons (Fsp3) is 0.857. The van der Waals surface area contributed by atoms with E-state index in [0.29, 0.717) is 6.04 Å². The van der Waals surface area contributed by atoms with E-state index in [4.69, 9.17) is 0 Å². The van der Waals surface area contributed by atoms with Crippen LogP contribution in [0.1, 0.15) is 40.0 Å². The second-order valence-electron chi connectivity index (χ2n) is 4.90. The van der Waals surface area contributed by atoms with Crippen molar-refractivity contribution in [2.75, 3.05) is 26.2 Å². The number of piperidine rings is 1. The summed E-state index contributed by atoms with van der Waals surface area (Å²) < 4.78 is 0. The Labute approximate surface area is 101 Å². The number of nitrogens with one attached hydrogen (secondary N) is 1. The van der Waals surface area contributed by atoms with Crippen LogP contribution in [0, 0.1) is 5.92 Å². The summed E-state index contributed by atoms with van der Waals surface area (Å²) in [5, 5.41) is 3.65. The fourth-order valence-electron chi connectivity index (χ4n) is 2.51. The number of nitrogens with zero attached hydrogens (tertiary/aromatic N) is 1. The molecule has 2 atom stereocenters. The van der Waals surface area contributed by atoms with Crippen molar-refractivity contribution >= 4 is 0 Å². The number of hydrogen-bond donors (Lipinski definition) is 1. The summed E-state index contributed by atoms with van der Waals surface area (Å²) in [6.45, 7) is 11.6. The summed E-state index contributed by atoms with van der Waals surface area (Å²) in [6.07, 6.45) is 8.30. The van der Waals surface area contributed by atoms with E-state index < -0.39 is 0 Å². The first kappa shape index (κ1) is 13.7. The second-order valence-corrected chi connectivity index (χ2v) is 4.90. The molecule has 0 spiro atoms. The molecule has 1 aliphatic heterocycles. The minimum atomic E-state index is 0.666. The molecule has 0 aromatic rings. The van der Waals surface area contributed by atoms with Crippen LogP contribution in [0.2, 0.25) is 0 Å². The van der Waals surface area contributed by atoms with E-state index in [9.17, 15) is 0 Å². The van der Waals surface area contributed by atoms with E-state index in [1.165, 1.54) is 32.5 Å². The Balaban J connectivity index is 2.21. The van der Waals surface area contributed by atoms with Crippen molar-refractivity contribution in [2.45, 2.75) is 46.1 Å². The molecule has 16 heavy (non-hydrogen) atoms. The van der Waals surface area contributed by atoms with Crippen LogP contribution in [-0.2, 0) is 0 Å². The van der Waals surface area contributed by atoms with Gasteiger partial charge in [-0.1, -0.05) is 19.1 Å². The molecule has 0 aromatic heterocycles. The molecule has 1 aliphatic rings. The first-order chi connectivity index (χ1) is 7.77. The average molecular weight is 224 g/mol. The van der Waals surface area contributed by atoms with Gasteiger partial charge >= 0.3 is 0 Å². The van der Waals surface area contributed by atoms with E-state index in [-0.39, 0.29) is 0 Å². The van der Waals surface area contributed by atoms with E-state index in [1.54, 1.807) is 0 Å². The van der Waals surface area contributed by atoms with Gasteiger partial charge in [0, 0.05) is 12.6 Å². The first-order valence-corrected chi connectivity index (χ1v) is 6.84. The van der Waals surface area contributed by atoms with Gasteiger partial charge in [0.1, 0.15) is 0 Å². The van der Waals surface area contributed by atoms with Crippen molar-refractivity contribution in [2.24, 2.45) is 5.92 Å². The standard InChI is InChI=1S/C14H28N2/c1-4-6-7-10-15-13(3)14-9-8-11-16(5-2)12-14/h4,6,13-15H,5,7-12H2,1-3H3/b6-4+. The molecule has 0 bridgehead atoms. The maximum atomic E-state index is 3.65. The van der Waals surface area contributed by atoms with Crippen molar-refractivity contribution in [1.29, 1.82) is 0 Å². The van der Waals surface area contributed by atoms with Crippen LogP contribution in [0.5, 0.6) is 0 Å². The second kappa shape index (κ2) is 7.86. The van der Waals surface area contributed by atoms with Gasteiger partial charge in [-0.2, -0.15) is 0 Å². The van der Waals surface area contributed by atoms with Gasteiger partial charge in [-0.15, -0.1) is 0 Å². The van der Waals surface area contributed by atoms with E-state index in [2.05, 4.69) is 43.1 Å². The first-order valence-electron chi connectivity index (χ1n) is 6.84. The van der Waals surface area contributed by atoms with Crippen LogP contribution in [0.15, 0.2) is 12.2 Å². The molecule has 0 amide bonds. The third-order valence-corrected chi connectivity index (χ3v) is 3.71. The molecule has 1 N–H and O–H groups in total. The highest BCUT2D eigenvalue weighted by atomic mass is 15.1. The Morgan fingerprint density at radius 3 is 3.00 bits per heavy atom. The van der Waals surface area contributed by atoms with Crippen molar-refractivity contribution in [3.63, 3.8) is 0 Å². The molecule has 94 valence electrons. The molecule has 0 saturated carbocycles. The molecule has 1 saturated heterocycles. The largest absolute Gasteiger partial charge is 0.314 e. The molecule has 1 heterocycles. The quantitative estimate of drug-likeness (QED) is 0.551. The lowest BCUT2D eigenvalue weighted by Gasteiger charge is -2.35. The number of likely N-dealkylation sites (tertiary alicyclic amines) is 1. The van der Waals surface area contributed by atoms with Crippen LogP contribution >= 0.6 is 0 Å². The summed E-state index contributed by atoms with van der Waals surface area (Å²) in [7, 11) is 0. The highest BCUT2D eigenvalue weighted by Gasteiger charge is 2.22. The molecule has 0 radical (unpaired) electrons. The van der Waals surface area contributed by atoms with Gasteiger partial charge in [-0.25, -0.2) is 0 Å². The summed E-state index contributed by atoms with van der Waals surface area (Å²) in [5.74, 6) is 0.847. The van der Waals surface area contributed by atoms with Gasteiger partial charge in [0.2, 0.25) is 0 Å². The molecular weight excluding hydrogens is 196 g/mol. The lowest BCUT2D eigenvalue weighted by atomic mass is 9.91. The summed E-state index contributed by atoms with van der Waals surface area (Å²) in [6, 6.07) is 0.666. The molecule has 0 aliphatic carbocycles. The smallest absolute Gasteiger partial charge is 0.00793 e. The predicted molar refractivity (Wildman–Crippen MR) is 71.7 cm³/mol. The van der Waals surface area contributed by atoms with Gasteiger partial charge in [-0.05, 0) is 58.7 Å². The Kier molecular flexibility index (Phi) is 6.74. The maximum absolute atomic E-state index is 3.65. The molecule has 2 nitrogen and oxygen atoms in total. The Bertz CT molecular complexity index is 201. The molecule has 1 rings (SSSR count). The molecule has 1 fully saturated rings. The van der Waals surface area contributed by atoms with Crippen LogP contribution < -0.4 is 5.32 Å². The molecule has 0 aromatic carbocycles. The molecular formula is C14H28N2. The highest BCUT2D eigenvalue weighted by molar-refractivity contribution is 4.82. The lowest BCUT2D eigenvalue weighted by molar-refractivity contribution is 0.157. The zero-order valence-corrected chi connectivity index (χ0v) is 11.2. The van der Waals surface area contributed by atoms with Gasteiger partial charge in [0.05, 0.1) is 0 Å². The van der Waals surface area contributed by atoms with Gasteiger partial charge in [-0.3, -0.25) is 0 Å². The van der Waals surface area contributed by atoms with Crippen molar-refractivity contribution in [1.82, 2.24) is 10.2 Å². The topological polar surface area (TPSA) is 15.3 Å². The van der Waals surface area contributed by atoms with E-state index in [1.807, 2.05) is 0 Å². The van der Waals surface area contributed by atoms with E-state index in [0.717, 1.165) is 18.9 Å². The SMILES string of the molecule is C/C=C/CCNC(C)C1CCCN(CC)C1. The lowest BCUT2D eigenvalue weighted by Crippen LogP contribution is -2.44. The van der Waals surface area contributed by atoms with Crippen molar-refractivity contribution < 1.29 is 0 Å². The number of hydrogen-bond acceptors (Lipinski definition) is 2. The van der Waals surface area contributed by atoms with Crippen molar-refractivity contribution in [3.8, 4) is 0 Å². The van der Waals surface area contributed by atoms with Crippen LogP contribution in [0.4, 0.5) is 0 Å². The van der Waals surface area contributed by atoms with Crippen molar-refractivity contribution in [3.05, 3.63) is 12.2 Å². The van der Waals surface area contributed by atoms with Gasteiger partial charge in [0.15, 0.2) is 0 Å². The minimum absolute atomic E-state index is 0.666. The Hall–Kier alpha value is -0.340. The Morgan fingerprint density at radius 2 is 2.31 bits per heavy atom. The highest BCUT2D eigenvalue weighted by Crippen LogP contribution is 2.19. The summed E-state index contributed by atoms with van der Waals surface area (Å²) in [5.41, 5.74) is 0. The zero-order chi connectivity index (χ0) is 11.8. The summed E-state index contributed by atoms with van der Waals surface area (Å²) >= 11 is 0. The summed E-state index contributed by atoms with van der Waals surface area (Å²) in [4.78, 5) is 2.58. The van der Waals surface area contributed by atoms with E-state index >= 15 is 0 Å². The normalized spacial score (nSPS) is 25.1. The third-order valence-electron chi connectivity index (χ3n) is 3.71. The van der Waals surface area contributed by atoms with Crippen LogP contribution in [0.3, 0.4) is 0 Å². The number of rotatable bonds is 6. The average Bonchev–Trinajstić information content (AvgIpc) is 2.34. The monoisotopic (exact) mass is 224 g/mol.